The molecule has 4 aromatic carbocycles. The van der Waals surface area contributed by atoms with Crippen molar-refractivity contribution in [2.45, 2.75) is 6.92 Å². The summed E-state index contributed by atoms with van der Waals surface area (Å²) < 4.78 is 1.74. The number of rotatable bonds is 4. The number of fused-ring (bicyclic) bond motifs is 1. The molecule has 31 heavy (non-hydrogen) atoms. The van der Waals surface area contributed by atoms with Gasteiger partial charge in [0.2, 0.25) is 5.82 Å². The molecular weight excluding hydrogens is 384 g/mol. The number of carbonyl (C=O) groups excluding carboxylic acids is 1. The number of aromatic nitrogens is 3. The van der Waals surface area contributed by atoms with E-state index in [9.17, 15) is 4.79 Å². The second kappa shape index (κ2) is 7.88. The van der Waals surface area contributed by atoms with Crippen LogP contribution in [0.3, 0.4) is 0 Å². The summed E-state index contributed by atoms with van der Waals surface area (Å²) in [6.45, 7) is 2.02. The minimum atomic E-state index is -0.346. The quantitative estimate of drug-likeness (QED) is 0.421. The van der Waals surface area contributed by atoms with E-state index in [-0.39, 0.29) is 11.7 Å². The van der Waals surface area contributed by atoms with Crippen molar-refractivity contribution in [1.29, 1.82) is 0 Å². The largest absolute Gasteiger partial charge is 0.319 e. The van der Waals surface area contributed by atoms with Gasteiger partial charge in [-0.1, -0.05) is 84.9 Å². The molecule has 1 amide bonds. The van der Waals surface area contributed by atoms with E-state index in [1.54, 1.807) is 4.68 Å². The van der Waals surface area contributed by atoms with E-state index in [1.807, 2.05) is 104 Å². The first-order chi connectivity index (χ1) is 15.2. The average Bonchev–Trinajstić information content (AvgIpc) is 3.26. The van der Waals surface area contributed by atoms with Gasteiger partial charge in [-0.25, -0.2) is 9.67 Å². The average molecular weight is 404 g/mol. The molecule has 5 aromatic rings. The van der Waals surface area contributed by atoms with Gasteiger partial charge in [0, 0.05) is 16.6 Å². The maximum Gasteiger partial charge on any atom is 0.295 e. The van der Waals surface area contributed by atoms with Crippen molar-refractivity contribution in [3.05, 3.63) is 108 Å². The van der Waals surface area contributed by atoms with E-state index < -0.39 is 0 Å². The minimum Gasteiger partial charge on any atom is -0.319 e. The number of nitrogens with zero attached hydrogens (tertiary/aromatic N) is 3. The Morgan fingerprint density at radius 2 is 1.52 bits per heavy atom. The first-order valence-corrected chi connectivity index (χ1v) is 10.1. The van der Waals surface area contributed by atoms with Crippen LogP contribution in [-0.4, -0.2) is 20.7 Å². The fourth-order valence-electron chi connectivity index (χ4n) is 3.66. The Bertz CT molecular complexity index is 1380. The highest BCUT2D eigenvalue weighted by molar-refractivity contribution is 6.07. The summed E-state index contributed by atoms with van der Waals surface area (Å²) in [5.74, 6) is 0.397. The molecule has 0 aliphatic heterocycles. The van der Waals surface area contributed by atoms with Crippen molar-refractivity contribution >= 4 is 22.4 Å². The summed E-state index contributed by atoms with van der Waals surface area (Å²) in [7, 11) is 0. The van der Waals surface area contributed by atoms with Gasteiger partial charge >= 0.3 is 0 Å². The second-order valence-electron chi connectivity index (χ2n) is 7.30. The zero-order valence-corrected chi connectivity index (χ0v) is 17.0. The van der Waals surface area contributed by atoms with Crippen LogP contribution in [0, 0.1) is 6.92 Å². The zero-order chi connectivity index (χ0) is 21.2. The number of carbonyl (C=O) groups is 1. The summed E-state index contributed by atoms with van der Waals surface area (Å²) in [5.41, 5.74) is 3.56. The van der Waals surface area contributed by atoms with Crippen molar-refractivity contribution in [3.63, 3.8) is 0 Å². The van der Waals surface area contributed by atoms with Gasteiger partial charge in [-0.15, -0.1) is 5.10 Å². The van der Waals surface area contributed by atoms with Gasteiger partial charge in [0.25, 0.3) is 5.91 Å². The van der Waals surface area contributed by atoms with Gasteiger partial charge in [-0.3, -0.25) is 4.79 Å². The Balaban J connectivity index is 1.58. The molecule has 150 valence electrons. The third-order valence-electron chi connectivity index (χ3n) is 5.22. The topological polar surface area (TPSA) is 59.8 Å². The fraction of sp³-hybridized carbons (Fsp3) is 0.0385. The van der Waals surface area contributed by atoms with E-state index >= 15 is 0 Å². The summed E-state index contributed by atoms with van der Waals surface area (Å²) in [4.78, 5) is 17.7. The Morgan fingerprint density at radius 1 is 0.806 bits per heavy atom. The molecule has 0 aliphatic carbocycles. The third-order valence-corrected chi connectivity index (χ3v) is 5.22. The molecule has 1 heterocycles. The summed E-state index contributed by atoms with van der Waals surface area (Å²) in [5, 5.41) is 9.60. The Hall–Kier alpha value is -4.25. The molecule has 0 spiro atoms. The maximum absolute atomic E-state index is 13.1. The highest BCUT2D eigenvalue weighted by Gasteiger charge is 2.20. The summed E-state index contributed by atoms with van der Waals surface area (Å²) >= 11 is 0. The van der Waals surface area contributed by atoms with Crippen LogP contribution in [0.5, 0.6) is 0 Å². The molecule has 0 saturated carbocycles. The number of amides is 1. The van der Waals surface area contributed by atoms with Crippen molar-refractivity contribution in [3.8, 4) is 17.1 Å². The molecule has 0 radical (unpaired) electrons. The maximum atomic E-state index is 13.1. The van der Waals surface area contributed by atoms with Gasteiger partial charge in [0.1, 0.15) is 0 Å². The first kappa shape index (κ1) is 18.8. The van der Waals surface area contributed by atoms with Crippen molar-refractivity contribution in [2.75, 3.05) is 5.32 Å². The molecule has 1 N–H and O–H groups in total. The fourth-order valence-corrected chi connectivity index (χ4v) is 3.66. The van der Waals surface area contributed by atoms with Gasteiger partial charge in [-0.05, 0) is 30.0 Å². The molecule has 5 heteroatoms. The van der Waals surface area contributed by atoms with Crippen LogP contribution in [0.15, 0.2) is 97.1 Å². The molecule has 1 aromatic heterocycles. The Kier molecular flexibility index (Phi) is 4.77. The van der Waals surface area contributed by atoms with Crippen LogP contribution in [0.25, 0.3) is 27.8 Å². The number of nitrogens with one attached hydrogen (secondary N) is 1. The Labute approximate surface area is 180 Å². The number of hydrogen-bond acceptors (Lipinski definition) is 3. The SMILES string of the molecule is Cc1ccccc1-n1nc(C(=O)Nc2cccc3ccccc23)nc1-c1ccccc1. The lowest BCUT2D eigenvalue weighted by molar-refractivity contribution is 0.101. The van der Waals surface area contributed by atoms with E-state index in [2.05, 4.69) is 15.4 Å². The predicted octanol–water partition coefficient (Wildman–Crippen LogP) is 5.65. The molecule has 0 atom stereocenters. The van der Waals surface area contributed by atoms with Crippen LogP contribution in [0.2, 0.25) is 0 Å². The van der Waals surface area contributed by atoms with Crippen molar-refractivity contribution < 1.29 is 4.79 Å². The molecule has 5 rings (SSSR count). The van der Waals surface area contributed by atoms with Gasteiger partial charge in [-0.2, -0.15) is 0 Å². The number of para-hydroxylation sites is 1. The number of hydrogen-bond donors (Lipinski definition) is 1. The van der Waals surface area contributed by atoms with E-state index in [4.69, 9.17) is 0 Å². The summed E-state index contributed by atoms with van der Waals surface area (Å²) in [6.07, 6.45) is 0. The molecule has 0 saturated heterocycles. The zero-order valence-electron chi connectivity index (χ0n) is 17.0. The van der Waals surface area contributed by atoms with Crippen molar-refractivity contribution in [1.82, 2.24) is 14.8 Å². The summed E-state index contributed by atoms with van der Waals surface area (Å²) in [6, 6.07) is 31.5. The van der Waals surface area contributed by atoms with Crippen molar-refractivity contribution in [2.24, 2.45) is 0 Å². The van der Waals surface area contributed by atoms with Gasteiger partial charge in [0.05, 0.1) is 5.69 Å². The van der Waals surface area contributed by atoms with Gasteiger partial charge < -0.3 is 5.32 Å². The minimum absolute atomic E-state index is 0.120. The van der Waals surface area contributed by atoms with Crippen LogP contribution in [0.4, 0.5) is 5.69 Å². The van der Waals surface area contributed by atoms with E-state index in [0.29, 0.717) is 5.82 Å². The lowest BCUT2D eigenvalue weighted by Gasteiger charge is -2.08. The third kappa shape index (κ3) is 3.57. The van der Waals surface area contributed by atoms with Crippen LogP contribution >= 0.6 is 0 Å². The van der Waals surface area contributed by atoms with Crippen LogP contribution in [0.1, 0.15) is 16.2 Å². The standard InChI is InChI=1S/C26H20N4O/c1-18-10-5-8-17-23(18)30-25(20-12-3-2-4-13-20)28-24(29-30)26(31)27-22-16-9-14-19-11-6-7-15-21(19)22/h2-17H,1H3,(H,27,31). The highest BCUT2D eigenvalue weighted by atomic mass is 16.2. The second-order valence-corrected chi connectivity index (χ2v) is 7.30. The molecule has 0 aliphatic rings. The highest BCUT2D eigenvalue weighted by Crippen LogP contribution is 2.25. The van der Waals surface area contributed by atoms with E-state index in [1.165, 1.54) is 0 Å². The molecule has 5 nitrogen and oxygen atoms in total. The van der Waals surface area contributed by atoms with E-state index in [0.717, 1.165) is 33.3 Å². The smallest absolute Gasteiger partial charge is 0.295 e. The lowest BCUT2D eigenvalue weighted by atomic mass is 10.1. The number of aryl methyl sites for hydroxylation is 1. The predicted molar refractivity (Wildman–Crippen MR) is 123 cm³/mol. The number of anilines is 1. The molecule has 0 bridgehead atoms. The first-order valence-electron chi connectivity index (χ1n) is 10.1. The van der Waals surface area contributed by atoms with Gasteiger partial charge in [0.15, 0.2) is 5.82 Å². The van der Waals surface area contributed by atoms with Crippen LogP contribution < -0.4 is 5.32 Å². The monoisotopic (exact) mass is 404 g/mol. The normalized spacial score (nSPS) is 10.9. The van der Waals surface area contributed by atoms with Crippen LogP contribution in [-0.2, 0) is 0 Å². The lowest BCUT2D eigenvalue weighted by Crippen LogP contribution is -2.14. The Morgan fingerprint density at radius 3 is 2.35 bits per heavy atom. The molecule has 0 unspecified atom stereocenters. The molecular formula is C26H20N4O. The molecule has 0 fully saturated rings. The number of benzene rings is 4.